The molecule has 4 rings (SSSR count). The number of allylic oxidation sites excluding steroid dienone is 1. The van der Waals surface area contributed by atoms with Crippen LogP contribution in [-0.2, 0) is 25.2 Å². The van der Waals surface area contributed by atoms with Gasteiger partial charge in [-0.05, 0) is 23.8 Å². The average molecular weight is 558 g/mol. The molecule has 1 aliphatic rings. The first kappa shape index (κ1) is 27.3. The van der Waals surface area contributed by atoms with Crippen LogP contribution in [-0.4, -0.2) is 35.9 Å². The summed E-state index contributed by atoms with van der Waals surface area (Å²) in [5.74, 6) is -3.73. The summed E-state index contributed by atoms with van der Waals surface area (Å²) in [4.78, 5) is 27.4. The lowest BCUT2D eigenvalue weighted by Crippen LogP contribution is -2.41. The molecule has 1 unspecified atom stereocenters. The third-order valence-electron chi connectivity index (χ3n) is 5.95. The number of nitriles is 1. The van der Waals surface area contributed by atoms with Gasteiger partial charge in [-0.3, -0.25) is 4.90 Å². The van der Waals surface area contributed by atoms with Gasteiger partial charge in [0.15, 0.2) is 0 Å². The van der Waals surface area contributed by atoms with Gasteiger partial charge in [0.25, 0.3) is 0 Å². The first-order valence-electron chi connectivity index (χ1n) is 11.1. The average Bonchev–Trinajstić information content (AvgIpc) is 3.37. The Labute approximate surface area is 225 Å². The molecule has 0 fully saturated rings. The van der Waals surface area contributed by atoms with Crippen LogP contribution in [0.2, 0.25) is 5.02 Å². The number of hydrogen-bond donors (Lipinski definition) is 1. The lowest BCUT2D eigenvalue weighted by Gasteiger charge is -2.36. The maximum atomic E-state index is 13.8. The first-order chi connectivity index (χ1) is 18.5. The minimum Gasteiger partial charge on any atom is -0.466 e. The number of aromatic nitrogens is 2. The molecule has 2 N–H and O–H groups in total. The number of esters is 2. The molecule has 1 aromatic heterocycles. The number of halogens is 4. The summed E-state index contributed by atoms with van der Waals surface area (Å²) in [6.07, 6.45) is -2.23. The number of carbonyl (C=O) groups is 2. The fourth-order valence-electron chi connectivity index (χ4n) is 4.27. The first-order valence-corrected chi connectivity index (χ1v) is 11.5. The Kier molecular flexibility index (Phi) is 7.38. The Hall–Kier alpha value is -4.76. The highest BCUT2D eigenvalue weighted by atomic mass is 35.5. The zero-order valence-electron chi connectivity index (χ0n) is 20.4. The number of ether oxygens (including phenoxy) is 2. The number of methoxy groups -OCH3 is 2. The van der Waals surface area contributed by atoms with Crippen LogP contribution >= 0.6 is 11.6 Å². The van der Waals surface area contributed by atoms with Crippen LogP contribution in [0.3, 0.4) is 0 Å². The molecule has 0 aliphatic carbocycles. The number of hydrogen-bond acceptors (Lipinski definition) is 8. The van der Waals surface area contributed by atoms with Gasteiger partial charge in [-0.1, -0.05) is 41.9 Å². The van der Waals surface area contributed by atoms with Crippen molar-refractivity contribution < 1.29 is 32.2 Å². The summed E-state index contributed by atoms with van der Waals surface area (Å²) in [6.45, 7) is 0. The lowest BCUT2D eigenvalue weighted by atomic mass is 9.81. The SMILES string of the molecule is COC(=O)C1=C(C(=O)OC)N(c2cc(C(F)(F)F)ccc2-n2cc(Cl)cn2)C(N)=C(C#N)C1c1ccccc1. The highest BCUT2D eigenvalue weighted by Gasteiger charge is 2.44. The van der Waals surface area contributed by atoms with E-state index >= 15 is 0 Å². The molecule has 0 saturated carbocycles. The number of alkyl halides is 3. The maximum absolute atomic E-state index is 13.8. The highest BCUT2D eigenvalue weighted by Crippen LogP contribution is 2.45. The molecule has 1 atom stereocenters. The van der Waals surface area contributed by atoms with E-state index in [0.717, 1.165) is 35.9 Å². The van der Waals surface area contributed by atoms with Crippen molar-refractivity contribution in [3.05, 3.63) is 99.7 Å². The molecule has 200 valence electrons. The minimum atomic E-state index is -4.80. The van der Waals surface area contributed by atoms with Gasteiger partial charge >= 0.3 is 18.1 Å². The van der Waals surface area contributed by atoms with E-state index in [1.165, 1.54) is 12.4 Å². The molecular weight excluding hydrogens is 539 g/mol. The van der Waals surface area contributed by atoms with Crippen LogP contribution < -0.4 is 10.6 Å². The van der Waals surface area contributed by atoms with E-state index < -0.39 is 41.1 Å². The standard InChI is InChI=1S/C26H19ClF3N5O4/c1-38-24(36)21-20(14-6-4-3-5-7-14)17(11-31)23(32)35(22(21)25(37)39-2)19-10-15(26(28,29)30)8-9-18(19)34-13-16(27)12-33-34/h3-10,12-13,20H,32H2,1-2H3. The zero-order chi connectivity index (χ0) is 28.5. The molecule has 0 bridgehead atoms. The van der Waals surface area contributed by atoms with Gasteiger partial charge in [0, 0.05) is 6.20 Å². The summed E-state index contributed by atoms with van der Waals surface area (Å²) >= 11 is 6.00. The summed E-state index contributed by atoms with van der Waals surface area (Å²) in [7, 11) is 2.09. The predicted molar refractivity (Wildman–Crippen MR) is 133 cm³/mol. The van der Waals surface area contributed by atoms with E-state index in [0.29, 0.717) is 11.6 Å². The number of benzene rings is 2. The molecule has 39 heavy (non-hydrogen) atoms. The van der Waals surface area contributed by atoms with Crippen LogP contribution in [0.1, 0.15) is 17.0 Å². The van der Waals surface area contributed by atoms with Gasteiger partial charge < -0.3 is 15.2 Å². The quantitative estimate of drug-likeness (QED) is 0.457. The molecule has 0 amide bonds. The second-order valence-electron chi connectivity index (χ2n) is 8.14. The van der Waals surface area contributed by atoms with Gasteiger partial charge in [0.05, 0.1) is 65.5 Å². The van der Waals surface area contributed by atoms with Crippen molar-refractivity contribution >= 4 is 29.2 Å². The van der Waals surface area contributed by atoms with E-state index in [2.05, 4.69) is 5.10 Å². The van der Waals surface area contributed by atoms with E-state index in [1.807, 2.05) is 6.07 Å². The summed E-state index contributed by atoms with van der Waals surface area (Å²) in [6, 6.07) is 12.8. The number of rotatable bonds is 5. The Morgan fingerprint density at radius 1 is 1.08 bits per heavy atom. The molecular formula is C26H19ClF3N5O4. The van der Waals surface area contributed by atoms with Gasteiger partial charge in [-0.15, -0.1) is 0 Å². The minimum absolute atomic E-state index is 0.00100. The van der Waals surface area contributed by atoms with E-state index in [4.69, 9.17) is 26.8 Å². The van der Waals surface area contributed by atoms with Crippen LogP contribution in [0.5, 0.6) is 0 Å². The van der Waals surface area contributed by atoms with E-state index in [9.17, 15) is 28.0 Å². The van der Waals surface area contributed by atoms with E-state index in [-0.39, 0.29) is 27.5 Å². The Balaban J connectivity index is 2.15. The van der Waals surface area contributed by atoms with Crippen LogP contribution in [0.25, 0.3) is 5.69 Å². The van der Waals surface area contributed by atoms with Crippen molar-refractivity contribution in [2.45, 2.75) is 12.1 Å². The Bertz CT molecular complexity index is 1560. The predicted octanol–water partition coefficient (Wildman–Crippen LogP) is 4.44. The van der Waals surface area contributed by atoms with Crippen molar-refractivity contribution in [3.8, 4) is 11.8 Å². The largest absolute Gasteiger partial charge is 0.466 e. The zero-order valence-corrected chi connectivity index (χ0v) is 21.1. The van der Waals surface area contributed by atoms with Crippen molar-refractivity contribution in [2.75, 3.05) is 19.1 Å². The Morgan fingerprint density at radius 3 is 2.28 bits per heavy atom. The fourth-order valence-corrected chi connectivity index (χ4v) is 4.40. The molecule has 0 saturated heterocycles. The monoisotopic (exact) mass is 557 g/mol. The van der Waals surface area contributed by atoms with Gasteiger partial charge in [-0.2, -0.15) is 23.5 Å². The number of anilines is 1. The summed E-state index contributed by atoms with van der Waals surface area (Å²) in [5.41, 5.74) is 4.32. The molecule has 13 heteroatoms. The van der Waals surface area contributed by atoms with Crippen molar-refractivity contribution in [3.63, 3.8) is 0 Å². The molecule has 2 aromatic carbocycles. The van der Waals surface area contributed by atoms with Crippen LogP contribution in [0.15, 0.2) is 83.6 Å². The topological polar surface area (TPSA) is 123 Å². The van der Waals surface area contributed by atoms with Crippen LogP contribution in [0, 0.1) is 11.3 Å². The highest BCUT2D eigenvalue weighted by molar-refractivity contribution is 6.30. The lowest BCUT2D eigenvalue weighted by molar-refractivity contribution is -0.139. The second kappa shape index (κ2) is 10.5. The van der Waals surface area contributed by atoms with Crippen molar-refractivity contribution in [2.24, 2.45) is 5.73 Å². The molecule has 3 aromatic rings. The molecule has 0 radical (unpaired) electrons. The summed E-state index contributed by atoms with van der Waals surface area (Å²) < 4.78 is 52.6. The number of nitrogens with zero attached hydrogens (tertiary/aromatic N) is 4. The molecule has 9 nitrogen and oxygen atoms in total. The van der Waals surface area contributed by atoms with Crippen molar-refractivity contribution in [1.29, 1.82) is 5.26 Å². The smallest absolute Gasteiger partial charge is 0.416 e. The normalized spacial score (nSPS) is 15.7. The van der Waals surface area contributed by atoms with Crippen LogP contribution in [0.4, 0.5) is 18.9 Å². The van der Waals surface area contributed by atoms with Gasteiger partial charge in [-0.25, -0.2) is 14.3 Å². The molecule has 2 heterocycles. The van der Waals surface area contributed by atoms with Gasteiger partial charge in [0.2, 0.25) is 0 Å². The molecule has 1 aliphatic heterocycles. The second-order valence-corrected chi connectivity index (χ2v) is 8.58. The molecule has 0 spiro atoms. The maximum Gasteiger partial charge on any atom is 0.416 e. The van der Waals surface area contributed by atoms with Crippen molar-refractivity contribution in [1.82, 2.24) is 9.78 Å². The number of carbonyl (C=O) groups excluding carboxylic acids is 2. The Morgan fingerprint density at radius 2 is 1.74 bits per heavy atom. The third kappa shape index (κ3) is 4.92. The third-order valence-corrected chi connectivity index (χ3v) is 6.15. The van der Waals surface area contributed by atoms with E-state index in [1.54, 1.807) is 30.3 Å². The van der Waals surface area contributed by atoms with Gasteiger partial charge in [0.1, 0.15) is 11.5 Å². The fraction of sp³-hybridized carbons (Fsp3) is 0.154. The number of nitrogens with two attached hydrogens (primary N) is 1. The summed E-state index contributed by atoms with van der Waals surface area (Å²) in [5, 5.41) is 14.4.